The Balaban J connectivity index is 1.68. The molecule has 0 saturated carbocycles. The third kappa shape index (κ3) is 3.80. The molecule has 0 unspecified atom stereocenters. The smallest absolute Gasteiger partial charge is 0.341 e. The number of carbonyl (C=O) groups excluding carboxylic acids is 1. The standard InChI is InChI=1S/C26H19N3O4/c1-31-22-15-18-20(14-19(22)26(30)32-2)27-12-10-21(18)33-23-13-17-9-6-11-28-25(17)29-24(23)16-7-4-3-5-8-16/h3-15H,1-2H3. The minimum absolute atomic E-state index is 0.292. The van der Waals surface area contributed by atoms with E-state index in [1.165, 1.54) is 14.2 Å². The highest BCUT2D eigenvalue weighted by Gasteiger charge is 2.18. The van der Waals surface area contributed by atoms with Crippen LogP contribution in [0.3, 0.4) is 0 Å². The predicted molar refractivity (Wildman–Crippen MR) is 125 cm³/mol. The lowest BCUT2D eigenvalue weighted by Gasteiger charge is -2.15. The SMILES string of the molecule is COC(=O)c1cc2nccc(Oc3cc4cccnc4nc3-c3ccccc3)c2cc1OC. The normalized spacial score (nSPS) is 10.8. The van der Waals surface area contributed by atoms with Gasteiger partial charge in [0.2, 0.25) is 0 Å². The van der Waals surface area contributed by atoms with Crippen LogP contribution in [0.15, 0.2) is 79.1 Å². The second-order valence-electron chi connectivity index (χ2n) is 7.22. The fourth-order valence-electron chi connectivity index (χ4n) is 3.66. The molecule has 0 bridgehead atoms. The number of benzene rings is 2. The van der Waals surface area contributed by atoms with Gasteiger partial charge in [-0.25, -0.2) is 14.8 Å². The Labute approximate surface area is 189 Å². The highest BCUT2D eigenvalue weighted by atomic mass is 16.5. The molecule has 5 aromatic rings. The maximum Gasteiger partial charge on any atom is 0.341 e. The highest BCUT2D eigenvalue weighted by Crippen LogP contribution is 2.38. The van der Waals surface area contributed by atoms with Crippen LogP contribution < -0.4 is 9.47 Å². The first-order valence-electron chi connectivity index (χ1n) is 10.2. The van der Waals surface area contributed by atoms with E-state index in [-0.39, 0.29) is 0 Å². The van der Waals surface area contributed by atoms with E-state index in [4.69, 9.17) is 19.2 Å². The van der Waals surface area contributed by atoms with Crippen LogP contribution in [0.1, 0.15) is 10.4 Å². The van der Waals surface area contributed by atoms with Gasteiger partial charge in [0.15, 0.2) is 11.4 Å². The van der Waals surface area contributed by atoms with Crippen LogP contribution in [0.25, 0.3) is 33.2 Å². The largest absolute Gasteiger partial charge is 0.496 e. The second kappa shape index (κ2) is 8.55. The first-order valence-corrected chi connectivity index (χ1v) is 10.2. The van der Waals surface area contributed by atoms with Crippen LogP contribution in [0.4, 0.5) is 0 Å². The summed E-state index contributed by atoms with van der Waals surface area (Å²) in [5.41, 5.74) is 3.08. The molecule has 0 spiro atoms. The number of hydrogen-bond acceptors (Lipinski definition) is 7. The Morgan fingerprint density at radius 1 is 0.818 bits per heavy atom. The summed E-state index contributed by atoms with van der Waals surface area (Å²) < 4.78 is 16.7. The van der Waals surface area contributed by atoms with E-state index in [9.17, 15) is 4.79 Å². The third-order valence-electron chi connectivity index (χ3n) is 5.25. The van der Waals surface area contributed by atoms with Crippen molar-refractivity contribution >= 4 is 27.9 Å². The lowest BCUT2D eigenvalue weighted by molar-refractivity contribution is 0.0597. The molecule has 0 aliphatic heterocycles. The molecule has 2 aromatic carbocycles. The van der Waals surface area contributed by atoms with E-state index in [0.29, 0.717) is 45.1 Å². The number of methoxy groups -OCH3 is 2. The molecule has 3 heterocycles. The second-order valence-corrected chi connectivity index (χ2v) is 7.22. The molecule has 3 aromatic heterocycles. The van der Waals surface area contributed by atoms with Crippen molar-refractivity contribution in [2.24, 2.45) is 0 Å². The molecule has 0 atom stereocenters. The zero-order valence-electron chi connectivity index (χ0n) is 18.0. The van der Waals surface area contributed by atoms with Crippen molar-refractivity contribution in [3.63, 3.8) is 0 Å². The molecule has 0 radical (unpaired) electrons. The van der Waals surface area contributed by atoms with E-state index < -0.39 is 5.97 Å². The molecule has 0 aliphatic carbocycles. The maximum atomic E-state index is 12.2. The van der Waals surface area contributed by atoms with E-state index in [1.54, 1.807) is 30.6 Å². The summed E-state index contributed by atoms with van der Waals surface area (Å²) in [5.74, 6) is 0.998. The van der Waals surface area contributed by atoms with Gasteiger partial charge in [-0.05, 0) is 36.4 Å². The van der Waals surface area contributed by atoms with Gasteiger partial charge in [0.25, 0.3) is 0 Å². The van der Waals surface area contributed by atoms with Crippen LogP contribution in [0.5, 0.6) is 17.2 Å². The number of fused-ring (bicyclic) bond motifs is 2. The zero-order chi connectivity index (χ0) is 22.8. The molecule has 7 heteroatoms. The number of esters is 1. The van der Waals surface area contributed by atoms with Gasteiger partial charge < -0.3 is 14.2 Å². The van der Waals surface area contributed by atoms with Gasteiger partial charge in [0.05, 0.1) is 19.7 Å². The van der Waals surface area contributed by atoms with Crippen molar-refractivity contribution in [3.05, 3.63) is 84.7 Å². The minimum Gasteiger partial charge on any atom is -0.496 e. The molecule has 0 N–H and O–H groups in total. The highest BCUT2D eigenvalue weighted by molar-refractivity contribution is 5.99. The van der Waals surface area contributed by atoms with Gasteiger partial charge in [-0.15, -0.1) is 0 Å². The molecule has 0 amide bonds. The Kier molecular flexibility index (Phi) is 5.28. The molecule has 0 fully saturated rings. The Morgan fingerprint density at radius 2 is 1.67 bits per heavy atom. The van der Waals surface area contributed by atoms with Crippen molar-refractivity contribution < 1.29 is 19.0 Å². The molecule has 0 aliphatic rings. The maximum absolute atomic E-state index is 12.2. The molecule has 33 heavy (non-hydrogen) atoms. The average Bonchev–Trinajstić information content (AvgIpc) is 2.87. The summed E-state index contributed by atoms with van der Waals surface area (Å²) in [6.45, 7) is 0. The lowest BCUT2D eigenvalue weighted by atomic mass is 10.1. The van der Waals surface area contributed by atoms with Gasteiger partial charge in [0, 0.05) is 28.7 Å². The van der Waals surface area contributed by atoms with Crippen LogP contribution >= 0.6 is 0 Å². The minimum atomic E-state index is -0.500. The third-order valence-corrected chi connectivity index (χ3v) is 5.25. The Bertz CT molecular complexity index is 1490. The summed E-state index contributed by atoms with van der Waals surface area (Å²) in [5, 5.41) is 1.54. The van der Waals surface area contributed by atoms with Gasteiger partial charge in [0.1, 0.15) is 22.8 Å². The monoisotopic (exact) mass is 437 g/mol. The number of hydrogen-bond donors (Lipinski definition) is 0. The molecule has 162 valence electrons. The molecule has 0 saturated heterocycles. The zero-order valence-corrected chi connectivity index (χ0v) is 18.0. The molecule has 7 nitrogen and oxygen atoms in total. The Morgan fingerprint density at radius 3 is 2.45 bits per heavy atom. The number of ether oxygens (including phenoxy) is 3. The van der Waals surface area contributed by atoms with E-state index >= 15 is 0 Å². The van der Waals surface area contributed by atoms with Gasteiger partial charge in [-0.2, -0.15) is 0 Å². The van der Waals surface area contributed by atoms with E-state index in [1.807, 2.05) is 48.5 Å². The predicted octanol–water partition coefficient (Wildman–Crippen LogP) is 5.43. The fourth-order valence-corrected chi connectivity index (χ4v) is 3.66. The van der Waals surface area contributed by atoms with Crippen molar-refractivity contribution in [2.75, 3.05) is 14.2 Å². The van der Waals surface area contributed by atoms with Crippen molar-refractivity contribution in [3.8, 4) is 28.5 Å². The summed E-state index contributed by atoms with van der Waals surface area (Å²) in [6, 6.07) is 20.6. The molecule has 5 rings (SSSR count). The van der Waals surface area contributed by atoms with Gasteiger partial charge >= 0.3 is 5.97 Å². The van der Waals surface area contributed by atoms with Crippen LogP contribution in [0, 0.1) is 0 Å². The first kappa shape index (κ1) is 20.4. The summed E-state index contributed by atoms with van der Waals surface area (Å²) >= 11 is 0. The van der Waals surface area contributed by atoms with Crippen LogP contribution in [-0.4, -0.2) is 35.1 Å². The Hall–Kier alpha value is -4.52. The lowest BCUT2D eigenvalue weighted by Crippen LogP contribution is -2.04. The topological polar surface area (TPSA) is 83.4 Å². The van der Waals surface area contributed by atoms with E-state index in [2.05, 4.69) is 9.97 Å². The summed E-state index contributed by atoms with van der Waals surface area (Å²) in [6.07, 6.45) is 3.34. The quantitative estimate of drug-likeness (QED) is 0.339. The summed E-state index contributed by atoms with van der Waals surface area (Å²) in [4.78, 5) is 25.7. The van der Waals surface area contributed by atoms with Crippen molar-refractivity contribution in [1.29, 1.82) is 0 Å². The van der Waals surface area contributed by atoms with Crippen molar-refractivity contribution in [1.82, 2.24) is 15.0 Å². The number of aromatic nitrogens is 3. The molecular weight excluding hydrogens is 418 g/mol. The number of carbonyl (C=O) groups is 1. The van der Waals surface area contributed by atoms with Gasteiger partial charge in [-0.1, -0.05) is 30.3 Å². The number of pyridine rings is 3. The number of rotatable bonds is 5. The van der Waals surface area contributed by atoms with Crippen molar-refractivity contribution in [2.45, 2.75) is 0 Å². The number of nitrogens with zero attached hydrogens (tertiary/aromatic N) is 3. The average molecular weight is 437 g/mol. The molecular formula is C26H19N3O4. The van der Waals surface area contributed by atoms with E-state index in [0.717, 1.165) is 10.9 Å². The van der Waals surface area contributed by atoms with Gasteiger partial charge in [-0.3, -0.25) is 4.98 Å². The van der Waals surface area contributed by atoms with Crippen LogP contribution in [-0.2, 0) is 4.74 Å². The summed E-state index contributed by atoms with van der Waals surface area (Å²) in [7, 11) is 2.82. The van der Waals surface area contributed by atoms with Crippen LogP contribution in [0.2, 0.25) is 0 Å². The fraction of sp³-hybridized carbons (Fsp3) is 0.0769. The first-order chi connectivity index (χ1) is 16.2.